The highest BCUT2D eigenvalue weighted by Gasteiger charge is 2.39. The van der Waals surface area contributed by atoms with Crippen LogP contribution in [0.25, 0.3) is 0 Å². The molecule has 1 aromatic carbocycles. The highest BCUT2D eigenvalue weighted by Crippen LogP contribution is 2.40. The molecule has 2 amide bonds. The Hall–Kier alpha value is -2.36. The Kier molecular flexibility index (Phi) is 4.43. The molecule has 1 N–H and O–H groups in total. The van der Waals surface area contributed by atoms with Gasteiger partial charge in [-0.1, -0.05) is 30.3 Å². The lowest BCUT2D eigenvalue weighted by atomic mass is 9.87. The van der Waals surface area contributed by atoms with E-state index >= 15 is 0 Å². The fourth-order valence-electron chi connectivity index (χ4n) is 3.89. The molecular formula is C21H25N3O. The molecule has 0 bridgehead atoms. The topological polar surface area (TPSA) is 45.2 Å². The maximum atomic E-state index is 13.0. The van der Waals surface area contributed by atoms with E-state index in [2.05, 4.69) is 39.5 Å². The van der Waals surface area contributed by atoms with Crippen LogP contribution in [0.5, 0.6) is 0 Å². The number of fused-ring (bicyclic) bond motifs is 1. The lowest BCUT2D eigenvalue weighted by molar-refractivity contribution is 0.161. The van der Waals surface area contributed by atoms with Crippen LogP contribution >= 0.6 is 0 Å². The first-order chi connectivity index (χ1) is 12.2. The van der Waals surface area contributed by atoms with E-state index in [0.717, 1.165) is 43.5 Å². The number of pyridine rings is 1. The van der Waals surface area contributed by atoms with Crippen molar-refractivity contribution in [2.24, 2.45) is 0 Å². The summed E-state index contributed by atoms with van der Waals surface area (Å²) in [5, 5.41) is 3.10. The minimum Gasteiger partial charge on any atom is -0.332 e. The van der Waals surface area contributed by atoms with Gasteiger partial charge in [0, 0.05) is 11.7 Å². The SMILES string of the molecule is Cc1cccc(CNC(=O)N(C2CC2)C2CCCc3ccccc32)n1. The Morgan fingerprint density at radius 3 is 2.80 bits per heavy atom. The fraction of sp³-hybridized carbons (Fsp3) is 0.429. The molecule has 1 saturated carbocycles. The molecule has 0 aliphatic heterocycles. The van der Waals surface area contributed by atoms with Crippen molar-refractivity contribution in [3.05, 3.63) is 65.0 Å². The third-order valence-electron chi connectivity index (χ3n) is 5.22. The number of hydrogen-bond acceptors (Lipinski definition) is 2. The first-order valence-electron chi connectivity index (χ1n) is 9.29. The van der Waals surface area contributed by atoms with Crippen molar-refractivity contribution >= 4 is 6.03 Å². The number of aromatic nitrogens is 1. The summed E-state index contributed by atoms with van der Waals surface area (Å²) in [5.41, 5.74) is 4.63. The van der Waals surface area contributed by atoms with E-state index in [9.17, 15) is 4.79 Å². The van der Waals surface area contributed by atoms with Crippen LogP contribution in [-0.4, -0.2) is 22.0 Å². The van der Waals surface area contributed by atoms with Crippen molar-refractivity contribution in [2.45, 2.75) is 57.7 Å². The number of nitrogens with zero attached hydrogens (tertiary/aromatic N) is 2. The molecule has 1 unspecified atom stereocenters. The van der Waals surface area contributed by atoms with Gasteiger partial charge in [-0.25, -0.2) is 4.79 Å². The van der Waals surface area contributed by atoms with E-state index < -0.39 is 0 Å². The number of benzene rings is 1. The van der Waals surface area contributed by atoms with Gasteiger partial charge in [-0.15, -0.1) is 0 Å². The Bertz CT molecular complexity index is 769. The minimum absolute atomic E-state index is 0.0486. The summed E-state index contributed by atoms with van der Waals surface area (Å²) in [6, 6.07) is 15.2. The van der Waals surface area contributed by atoms with Crippen LogP contribution in [0.2, 0.25) is 0 Å². The zero-order valence-electron chi connectivity index (χ0n) is 14.7. The van der Waals surface area contributed by atoms with Gasteiger partial charge in [0.1, 0.15) is 0 Å². The summed E-state index contributed by atoms with van der Waals surface area (Å²) in [6.45, 7) is 2.46. The maximum Gasteiger partial charge on any atom is 0.318 e. The van der Waals surface area contributed by atoms with E-state index in [1.807, 2.05) is 25.1 Å². The zero-order valence-corrected chi connectivity index (χ0v) is 14.7. The largest absolute Gasteiger partial charge is 0.332 e. The van der Waals surface area contributed by atoms with Crippen LogP contribution < -0.4 is 5.32 Å². The van der Waals surface area contributed by atoms with Gasteiger partial charge in [0.2, 0.25) is 0 Å². The van der Waals surface area contributed by atoms with Crippen molar-refractivity contribution < 1.29 is 4.79 Å². The maximum absolute atomic E-state index is 13.0. The van der Waals surface area contributed by atoms with Gasteiger partial charge in [0.25, 0.3) is 0 Å². The van der Waals surface area contributed by atoms with Gasteiger partial charge < -0.3 is 10.2 Å². The second kappa shape index (κ2) is 6.87. The number of carbonyl (C=O) groups excluding carboxylic acids is 1. The molecule has 1 heterocycles. The molecule has 0 radical (unpaired) electrons. The van der Waals surface area contributed by atoms with Gasteiger partial charge in [-0.3, -0.25) is 4.98 Å². The third kappa shape index (κ3) is 3.53. The number of rotatable bonds is 4. The molecule has 4 rings (SSSR count). The van der Waals surface area contributed by atoms with Crippen molar-refractivity contribution in [1.82, 2.24) is 15.2 Å². The van der Waals surface area contributed by atoms with E-state index in [4.69, 9.17) is 0 Å². The monoisotopic (exact) mass is 335 g/mol. The molecule has 4 heteroatoms. The van der Waals surface area contributed by atoms with Crippen LogP contribution in [0.3, 0.4) is 0 Å². The van der Waals surface area contributed by atoms with Crippen LogP contribution in [-0.2, 0) is 13.0 Å². The molecule has 1 atom stereocenters. The van der Waals surface area contributed by atoms with Crippen LogP contribution in [0.1, 0.15) is 54.2 Å². The van der Waals surface area contributed by atoms with E-state index in [-0.39, 0.29) is 12.1 Å². The molecule has 130 valence electrons. The second-order valence-corrected chi connectivity index (χ2v) is 7.17. The quantitative estimate of drug-likeness (QED) is 0.912. The number of nitrogens with one attached hydrogen (secondary N) is 1. The average Bonchev–Trinajstić information content (AvgIpc) is 3.45. The summed E-state index contributed by atoms with van der Waals surface area (Å²) >= 11 is 0. The molecular weight excluding hydrogens is 310 g/mol. The van der Waals surface area contributed by atoms with Gasteiger partial charge in [0.05, 0.1) is 18.3 Å². The lowest BCUT2D eigenvalue weighted by Crippen LogP contribution is -2.44. The molecule has 1 aromatic heterocycles. The van der Waals surface area contributed by atoms with Crippen molar-refractivity contribution in [3.8, 4) is 0 Å². The normalized spacial score (nSPS) is 19.2. The van der Waals surface area contributed by atoms with Gasteiger partial charge >= 0.3 is 6.03 Å². The first kappa shape index (κ1) is 16.1. The number of carbonyl (C=O) groups is 1. The number of hydrogen-bond donors (Lipinski definition) is 1. The average molecular weight is 335 g/mol. The summed E-state index contributed by atoms with van der Waals surface area (Å²) in [6.07, 6.45) is 5.57. The van der Waals surface area contributed by atoms with Crippen LogP contribution in [0, 0.1) is 6.92 Å². The highest BCUT2D eigenvalue weighted by atomic mass is 16.2. The molecule has 4 nitrogen and oxygen atoms in total. The van der Waals surface area contributed by atoms with E-state index in [1.165, 1.54) is 11.1 Å². The summed E-state index contributed by atoms with van der Waals surface area (Å²) in [5.74, 6) is 0. The fourth-order valence-corrected chi connectivity index (χ4v) is 3.89. The standard InChI is InChI=1S/C21H25N3O/c1-15-6-4-9-17(23-15)14-22-21(25)24(18-12-13-18)20-11-5-8-16-7-2-3-10-19(16)20/h2-4,6-7,9-10,18,20H,5,8,11-14H2,1H3,(H,22,25). The Morgan fingerprint density at radius 1 is 1.16 bits per heavy atom. The lowest BCUT2D eigenvalue weighted by Gasteiger charge is -2.36. The number of amides is 2. The Labute approximate surface area is 149 Å². The van der Waals surface area contributed by atoms with Crippen LogP contribution in [0.4, 0.5) is 4.79 Å². The number of aryl methyl sites for hydroxylation is 2. The van der Waals surface area contributed by atoms with E-state index in [1.54, 1.807) is 0 Å². The smallest absolute Gasteiger partial charge is 0.318 e. The van der Waals surface area contributed by atoms with Crippen LogP contribution in [0.15, 0.2) is 42.5 Å². The Balaban J connectivity index is 1.51. The molecule has 2 aromatic rings. The summed E-state index contributed by atoms with van der Waals surface area (Å²) < 4.78 is 0. The predicted molar refractivity (Wildman–Crippen MR) is 98.2 cm³/mol. The van der Waals surface area contributed by atoms with Gasteiger partial charge in [0.15, 0.2) is 0 Å². The van der Waals surface area contributed by atoms with E-state index in [0.29, 0.717) is 12.6 Å². The molecule has 1 fully saturated rings. The molecule has 2 aliphatic rings. The van der Waals surface area contributed by atoms with Crippen molar-refractivity contribution in [3.63, 3.8) is 0 Å². The first-order valence-corrected chi connectivity index (χ1v) is 9.29. The van der Waals surface area contributed by atoms with Crippen molar-refractivity contribution in [2.75, 3.05) is 0 Å². The second-order valence-electron chi connectivity index (χ2n) is 7.17. The minimum atomic E-state index is 0.0486. The molecule has 25 heavy (non-hydrogen) atoms. The highest BCUT2D eigenvalue weighted by molar-refractivity contribution is 5.75. The summed E-state index contributed by atoms with van der Waals surface area (Å²) in [7, 11) is 0. The predicted octanol–water partition coefficient (Wildman–Crippen LogP) is 4.14. The summed E-state index contributed by atoms with van der Waals surface area (Å²) in [4.78, 5) is 19.6. The third-order valence-corrected chi connectivity index (χ3v) is 5.22. The molecule has 0 spiro atoms. The van der Waals surface area contributed by atoms with Gasteiger partial charge in [-0.2, -0.15) is 0 Å². The zero-order chi connectivity index (χ0) is 17.2. The molecule has 2 aliphatic carbocycles. The number of urea groups is 1. The molecule has 0 saturated heterocycles. The van der Waals surface area contributed by atoms with Crippen molar-refractivity contribution in [1.29, 1.82) is 0 Å². The Morgan fingerprint density at radius 2 is 2.00 bits per heavy atom. The van der Waals surface area contributed by atoms with Gasteiger partial charge in [-0.05, 0) is 62.3 Å².